The zero-order valence-corrected chi connectivity index (χ0v) is 13.6. The molecule has 3 heteroatoms. The number of hydrogen-bond donors (Lipinski definition) is 0. The van der Waals surface area contributed by atoms with Crippen LogP contribution in [-0.2, 0) is 11.2 Å². The van der Waals surface area contributed by atoms with E-state index in [-0.39, 0.29) is 5.91 Å². The third kappa shape index (κ3) is 4.35. The summed E-state index contributed by atoms with van der Waals surface area (Å²) in [6.45, 7) is 3.59. The Morgan fingerprint density at radius 3 is 2.57 bits per heavy atom. The highest BCUT2D eigenvalue weighted by Crippen LogP contribution is 2.22. The number of hydrogen-bond acceptors (Lipinski definition) is 2. The Morgan fingerprint density at radius 2 is 1.91 bits per heavy atom. The molecule has 0 spiro atoms. The highest BCUT2D eigenvalue weighted by Gasteiger charge is 2.21. The minimum absolute atomic E-state index is 0.0808. The summed E-state index contributed by atoms with van der Waals surface area (Å²) in [5, 5.41) is 0. The van der Waals surface area contributed by atoms with E-state index < -0.39 is 0 Å². The number of furan rings is 1. The molecule has 0 unspecified atom stereocenters. The van der Waals surface area contributed by atoms with Crippen LogP contribution in [0.5, 0.6) is 0 Å². The fourth-order valence-corrected chi connectivity index (χ4v) is 3.11. The number of carbonyl (C=O) groups is 1. The lowest BCUT2D eigenvalue weighted by molar-refractivity contribution is -0.127. The fourth-order valence-electron chi connectivity index (χ4n) is 3.11. The van der Waals surface area contributed by atoms with E-state index in [1.165, 1.54) is 5.56 Å². The Kier molecular flexibility index (Phi) is 4.96. The van der Waals surface area contributed by atoms with Crippen molar-refractivity contribution in [1.29, 1.82) is 0 Å². The van der Waals surface area contributed by atoms with Crippen LogP contribution in [0, 0.1) is 12.8 Å². The van der Waals surface area contributed by atoms with Gasteiger partial charge in [-0.05, 0) is 55.9 Å². The van der Waals surface area contributed by atoms with Gasteiger partial charge < -0.3 is 9.32 Å². The zero-order valence-electron chi connectivity index (χ0n) is 13.6. The maximum absolute atomic E-state index is 12.2. The molecule has 2 heterocycles. The molecule has 1 aliphatic rings. The lowest BCUT2D eigenvalue weighted by Crippen LogP contribution is -2.37. The van der Waals surface area contributed by atoms with Crippen molar-refractivity contribution in [3.05, 3.63) is 65.6 Å². The molecule has 120 valence electrons. The smallest absolute Gasteiger partial charge is 0.246 e. The van der Waals surface area contributed by atoms with Gasteiger partial charge in [0.1, 0.15) is 11.5 Å². The maximum atomic E-state index is 12.2. The molecule has 0 radical (unpaired) electrons. The van der Waals surface area contributed by atoms with Crippen LogP contribution < -0.4 is 0 Å². The molecule has 3 rings (SSSR count). The number of aryl methyl sites for hydroxylation is 1. The van der Waals surface area contributed by atoms with E-state index in [1.54, 1.807) is 12.2 Å². The molecule has 1 aromatic heterocycles. The first-order valence-corrected chi connectivity index (χ1v) is 8.28. The monoisotopic (exact) mass is 309 g/mol. The summed E-state index contributed by atoms with van der Waals surface area (Å²) < 4.78 is 5.45. The molecule has 0 saturated carbocycles. The fraction of sp³-hybridized carbons (Fsp3) is 0.350. The second-order valence-electron chi connectivity index (χ2n) is 6.24. The summed E-state index contributed by atoms with van der Waals surface area (Å²) in [7, 11) is 0. The van der Waals surface area contributed by atoms with E-state index in [4.69, 9.17) is 4.42 Å². The van der Waals surface area contributed by atoms with Crippen LogP contribution in [0.15, 0.2) is 53.0 Å². The average Bonchev–Trinajstić information content (AvgIpc) is 3.00. The van der Waals surface area contributed by atoms with Gasteiger partial charge in [0.2, 0.25) is 5.91 Å². The van der Waals surface area contributed by atoms with Crippen LogP contribution >= 0.6 is 0 Å². The van der Waals surface area contributed by atoms with Gasteiger partial charge in [0, 0.05) is 19.2 Å². The van der Waals surface area contributed by atoms with Gasteiger partial charge in [-0.15, -0.1) is 0 Å². The van der Waals surface area contributed by atoms with Crippen molar-refractivity contribution in [2.75, 3.05) is 13.1 Å². The Balaban J connectivity index is 1.48. The molecule has 0 N–H and O–H groups in total. The van der Waals surface area contributed by atoms with Crippen molar-refractivity contribution in [3.8, 4) is 0 Å². The van der Waals surface area contributed by atoms with Crippen LogP contribution in [0.1, 0.15) is 29.9 Å². The molecule has 0 bridgehead atoms. The standard InChI is InChI=1S/C20H23NO2/c1-16-7-8-19(23-16)9-10-20(22)21-13-11-18(12-14-21)15-17-5-3-2-4-6-17/h2-10,18H,11-15H2,1H3/b10-9+. The molecular weight excluding hydrogens is 286 g/mol. The molecule has 23 heavy (non-hydrogen) atoms. The van der Waals surface area contributed by atoms with Crippen LogP contribution in [0.25, 0.3) is 6.08 Å². The summed E-state index contributed by atoms with van der Waals surface area (Å²) in [4.78, 5) is 14.2. The van der Waals surface area contributed by atoms with Gasteiger partial charge >= 0.3 is 0 Å². The number of carbonyl (C=O) groups excluding carboxylic acids is 1. The molecular formula is C20H23NO2. The maximum Gasteiger partial charge on any atom is 0.246 e. The van der Waals surface area contributed by atoms with E-state index in [0.717, 1.165) is 43.9 Å². The lowest BCUT2D eigenvalue weighted by atomic mass is 9.90. The highest BCUT2D eigenvalue weighted by molar-refractivity contribution is 5.91. The summed E-state index contributed by atoms with van der Waals surface area (Å²) in [5.74, 6) is 2.35. The SMILES string of the molecule is Cc1ccc(/C=C/C(=O)N2CCC(Cc3ccccc3)CC2)o1. The average molecular weight is 309 g/mol. The minimum atomic E-state index is 0.0808. The second-order valence-corrected chi connectivity index (χ2v) is 6.24. The van der Waals surface area contributed by atoms with Gasteiger partial charge in [0.05, 0.1) is 0 Å². The number of benzene rings is 1. The number of rotatable bonds is 4. The van der Waals surface area contributed by atoms with Crippen LogP contribution in [0.3, 0.4) is 0 Å². The van der Waals surface area contributed by atoms with Crippen molar-refractivity contribution in [3.63, 3.8) is 0 Å². The summed E-state index contributed by atoms with van der Waals surface area (Å²) in [5.41, 5.74) is 1.39. The summed E-state index contributed by atoms with van der Waals surface area (Å²) in [6.07, 6.45) is 6.65. The van der Waals surface area contributed by atoms with Gasteiger partial charge in [0.15, 0.2) is 0 Å². The minimum Gasteiger partial charge on any atom is -0.462 e. The second kappa shape index (κ2) is 7.32. The first-order valence-electron chi connectivity index (χ1n) is 8.28. The lowest BCUT2D eigenvalue weighted by Gasteiger charge is -2.31. The number of piperidine rings is 1. The molecule has 1 amide bonds. The quantitative estimate of drug-likeness (QED) is 0.797. The molecule has 1 fully saturated rings. The Hall–Kier alpha value is -2.29. The van der Waals surface area contributed by atoms with Gasteiger partial charge in [-0.2, -0.15) is 0 Å². The Labute approximate surface area is 137 Å². The van der Waals surface area contributed by atoms with E-state index in [0.29, 0.717) is 5.92 Å². The molecule has 0 aliphatic carbocycles. The van der Waals surface area contributed by atoms with Crippen molar-refractivity contribution in [1.82, 2.24) is 4.90 Å². The number of likely N-dealkylation sites (tertiary alicyclic amines) is 1. The largest absolute Gasteiger partial charge is 0.462 e. The van der Waals surface area contributed by atoms with Crippen molar-refractivity contribution in [2.45, 2.75) is 26.2 Å². The molecule has 1 aromatic carbocycles. The molecule has 1 aliphatic heterocycles. The van der Waals surface area contributed by atoms with Crippen molar-refractivity contribution >= 4 is 12.0 Å². The predicted octanol–water partition coefficient (Wildman–Crippen LogP) is 4.08. The van der Waals surface area contributed by atoms with E-state index >= 15 is 0 Å². The summed E-state index contributed by atoms with van der Waals surface area (Å²) >= 11 is 0. The highest BCUT2D eigenvalue weighted by atomic mass is 16.3. The Bertz CT molecular complexity index is 664. The topological polar surface area (TPSA) is 33.5 Å². The van der Waals surface area contributed by atoms with Gasteiger partial charge in [-0.25, -0.2) is 0 Å². The molecule has 3 nitrogen and oxygen atoms in total. The summed E-state index contributed by atoms with van der Waals surface area (Å²) in [6, 6.07) is 14.4. The Morgan fingerprint density at radius 1 is 1.17 bits per heavy atom. The molecule has 0 atom stereocenters. The van der Waals surface area contributed by atoms with Crippen LogP contribution in [0.4, 0.5) is 0 Å². The van der Waals surface area contributed by atoms with Gasteiger partial charge in [-0.1, -0.05) is 30.3 Å². The first kappa shape index (κ1) is 15.6. The van der Waals surface area contributed by atoms with E-state index in [2.05, 4.69) is 30.3 Å². The van der Waals surface area contributed by atoms with Gasteiger partial charge in [0.25, 0.3) is 0 Å². The van der Waals surface area contributed by atoms with Crippen molar-refractivity contribution in [2.24, 2.45) is 5.92 Å². The van der Waals surface area contributed by atoms with Crippen molar-refractivity contribution < 1.29 is 9.21 Å². The zero-order chi connectivity index (χ0) is 16.1. The number of amides is 1. The van der Waals surface area contributed by atoms with Crippen LogP contribution in [-0.4, -0.2) is 23.9 Å². The van der Waals surface area contributed by atoms with Gasteiger partial charge in [-0.3, -0.25) is 4.79 Å². The van der Waals surface area contributed by atoms with Crippen LogP contribution in [0.2, 0.25) is 0 Å². The third-order valence-electron chi connectivity index (χ3n) is 4.44. The first-order chi connectivity index (χ1) is 11.2. The molecule has 1 saturated heterocycles. The normalized spacial score (nSPS) is 16.1. The number of nitrogens with zero attached hydrogens (tertiary/aromatic N) is 1. The van der Waals surface area contributed by atoms with E-state index in [1.807, 2.05) is 24.0 Å². The predicted molar refractivity (Wildman–Crippen MR) is 91.9 cm³/mol. The molecule has 2 aromatic rings. The third-order valence-corrected chi connectivity index (χ3v) is 4.44. The van der Waals surface area contributed by atoms with E-state index in [9.17, 15) is 4.79 Å².